The van der Waals surface area contributed by atoms with Crippen LogP contribution >= 0.6 is 11.9 Å². The average Bonchev–Trinajstić information content (AvgIpc) is 2.14. The zero-order valence-electron chi connectivity index (χ0n) is 10.8. The van der Waals surface area contributed by atoms with Gasteiger partial charge in [0.15, 0.2) is 0 Å². The Balaban J connectivity index is 4.04. The molecule has 100 valence electrons. The van der Waals surface area contributed by atoms with E-state index in [0.717, 1.165) is 24.8 Å². The van der Waals surface area contributed by atoms with E-state index in [1.807, 2.05) is 6.92 Å². The third kappa shape index (κ3) is 8.85. The molecule has 1 atom stereocenters. The highest BCUT2D eigenvalue weighted by Crippen LogP contribution is 2.16. The predicted molar refractivity (Wildman–Crippen MR) is 67.9 cm³/mol. The molecule has 1 unspecified atom stereocenters. The first-order valence-electron chi connectivity index (χ1n) is 5.63. The number of hydrogen-bond acceptors (Lipinski definition) is 4. The summed E-state index contributed by atoms with van der Waals surface area (Å²) in [7, 11) is 0. The molecule has 0 radical (unpaired) electrons. The number of amides is 1. The van der Waals surface area contributed by atoms with Gasteiger partial charge >= 0.3 is 12.1 Å². The number of carboxylic acid groups (broad SMARTS) is 1. The third-order valence-corrected chi connectivity index (χ3v) is 2.79. The van der Waals surface area contributed by atoms with Gasteiger partial charge in [-0.25, -0.2) is 4.79 Å². The van der Waals surface area contributed by atoms with Gasteiger partial charge in [0.2, 0.25) is 0 Å². The normalized spacial score (nSPS) is 12.9. The molecule has 6 heteroatoms. The summed E-state index contributed by atoms with van der Waals surface area (Å²) in [6.45, 7) is 7.25. The molecule has 0 aromatic heterocycles. The van der Waals surface area contributed by atoms with Crippen LogP contribution in [0.1, 0.15) is 47.0 Å². The van der Waals surface area contributed by atoms with Gasteiger partial charge in [0.25, 0.3) is 0 Å². The summed E-state index contributed by atoms with van der Waals surface area (Å²) in [5.41, 5.74) is -0.577. The van der Waals surface area contributed by atoms with Crippen LogP contribution < -0.4 is 4.72 Å². The van der Waals surface area contributed by atoms with Crippen molar-refractivity contribution >= 4 is 24.0 Å². The van der Waals surface area contributed by atoms with Crippen LogP contribution in [0.3, 0.4) is 0 Å². The van der Waals surface area contributed by atoms with Crippen molar-refractivity contribution in [1.29, 1.82) is 0 Å². The van der Waals surface area contributed by atoms with E-state index in [0.29, 0.717) is 6.42 Å². The lowest BCUT2D eigenvalue weighted by molar-refractivity contribution is -0.136. The van der Waals surface area contributed by atoms with Gasteiger partial charge < -0.3 is 9.84 Å². The summed E-state index contributed by atoms with van der Waals surface area (Å²) in [6.07, 6.45) is 1.67. The number of carboxylic acids is 1. The molecule has 0 aliphatic rings. The number of ether oxygens (including phenoxy) is 1. The van der Waals surface area contributed by atoms with Crippen LogP contribution in [-0.2, 0) is 9.53 Å². The summed E-state index contributed by atoms with van der Waals surface area (Å²) in [5, 5.41) is 8.31. The summed E-state index contributed by atoms with van der Waals surface area (Å²) in [4.78, 5) is 22.2. The van der Waals surface area contributed by atoms with Crippen molar-refractivity contribution in [3.63, 3.8) is 0 Å². The maximum Gasteiger partial charge on any atom is 0.417 e. The maximum atomic E-state index is 11.3. The molecule has 0 saturated heterocycles. The van der Waals surface area contributed by atoms with Crippen LogP contribution in [-0.4, -0.2) is 28.0 Å². The van der Waals surface area contributed by atoms with E-state index < -0.39 is 22.9 Å². The third-order valence-electron chi connectivity index (χ3n) is 1.78. The van der Waals surface area contributed by atoms with E-state index in [4.69, 9.17) is 9.84 Å². The molecule has 0 bridgehead atoms. The highest BCUT2D eigenvalue weighted by Gasteiger charge is 2.21. The maximum absolute atomic E-state index is 11.3. The Labute approximate surface area is 106 Å². The average molecular weight is 263 g/mol. The van der Waals surface area contributed by atoms with Crippen LogP contribution in [0.2, 0.25) is 0 Å². The van der Waals surface area contributed by atoms with E-state index in [9.17, 15) is 9.59 Å². The Morgan fingerprint density at radius 2 is 2.00 bits per heavy atom. The summed E-state index contributed by atoms with van der Waals surface area (Å²) >= 11 is 0.894. The van der Waals surface area contributed by atoms with Gasteiger partial charge in [-0.1, -0.05) is 19.8 Å². The van der Waals surface area contributed by atoms with Crippen molar-refractivity contribution < 1.29 is 19.4 Å². The lowest BCUT2D eigenvalue weighted by Crippen LogP contribution is -2.31. The zero-order chi connectivity index (χ0) is 13.5. The molecule has 0 heterocycles. The lowest BCUT2D eigenvalue weighted by atomic mass is 10.2. The van der Waals surface area contributed by atoms with E-state index in [1.165, 1.54) is 0 Å². The monoisotopic (exact) mass is 263 g/mol. The number of hydrogen-bond donors (Lipinski definition) is 2. The van der Waals surface area contributed by atoms with Crippen molar-refractivity contribution in [2.75, 3.05) is 0 Å². The quantitative estimate of drug-likeness (QED) is 0.721. The highest BCUT2D eigenvalue weighted by atomic mass is 32.2. The number of carbonyl (C=O) groups is 2. The Morgan fingerprint density at radius 1 is 1.41 bits per heavy atom. The first kappa shape index (κ1) is 16.1. The van der Waals surface area contributed by atoms with Crippen LogP contribution in [0, 0.1) is 0 Å². The second-order valence-electron chi connectivity index (χ2n) is 4.69. The lowest BCUT2D eigenvalue weighted by Gasteiger charge is -2.20. The summed E-state index contributed by atoms with van der Waals surface area (Å²) < 4.78 is 7.41. The summed E-state index contributed by atoms with van der Waals surface area (Å²) in [5.74, 6) is -0.917. The fraction of sp³-hybridized carbons (Fsp3) is 0.818. The molecular formula is C11H21NO4S. The second kappa shape index (κ2) is 7.42. The van der Waals surface area contributed by atoms with Crippen LogP contribution in [0.4, 0.5) is 4.79 Å². The Bertz CT molecular complexity index is 263. The highest BCUT2D eigenvalue weighted by molar-refractivity contribution is 7.99. The van der Waals surface area contributed by atoms with Gasteiger partial charge in [-0.3, -0.25) is 9.52 Å². The molecule has 0 rings (SSSR count). The van der Waals surface area contributed by atoms with Gasteiger partial charge in [0.05, 0.1) is 0 Å². The Hall–Kier alpha value is -0.910. The second-order valence-corrected chi connectivity index (χ2v) is 5.70. The molecule has 0 aromatic carbocycles. The number of unbranched alkanes of at least 4 members (excludes halogenated alkanes) is 1. The number of aliphatic carboxylic acids is 1. The van der Waals surface area contributed by atoms with Crippen molar-refractivity contribution in [3.05, 3.63) is 0 Å². The topological polar surface area (TPSA) is 75.6 Å². The minimum absolute atomic E-state index is 0.534. The Kier molecular flexibility index (Phi) is 7.03. The minimum atomic E-state index is -0.917. The molecule has 0 saturated carbocycles. The molecule has 5 nitrogen and oxygen atoms in total. The van der Waals surface area contributed by atoms with Crippen molar-refractivity contribution in [3.8, 4) is 0 Å². The van der Waals surface area contributed by atoms with Crippen LogP contribution in [0.15, 0.2) is 0 Å². The number of rotatable bonds is 6. The van der Waals surface area contributed by atoms with Crippen LogP contribution in [0.25, 0.3) is 0 Å². The van der Waals surface area contributed by atoms with Crippen molar-refractivity contribution in [2.45, 2.75) is 57.8 Å². The van der Waals surface area contributed by atoms with Crippen molar-refractivity contribution in [1.82, 2.24) is 4.72 Å². The van der Waals surface area contributed by atoms with E-state index in [1.54, 1.807) is 20.8 Å². The molecule has 0 aliphatic carbocycles. The summed E-state index contributed by atoms with van der Waals surface area (Å²) in [6, 6.07) is 0. The SMILES string of the molecule is CCCCC(SNC(=O)OC(C)(C)C)C(=O)O. The minimum Gasteiger partial charge on any atom is -0.480 e. The smallest absolute Gasteiger partial charge is 0.417 e. The number of carbonyl (C=O) groups excluding carboxylic acids is 1. The molecule has 0 aliphatic heterocycles. The standard InChI is InChI=1S/C11H21NO4S/c1-5-6-7-8(9(13)14)17-12-10(15)16-11(2,3)4/h8H,5-7H2,1-4H3,(H,12,15)(H,13,14). The van der Waals surface area contributed by atoms with E-state index >= 15 is 0 Å². The molecule has 2 N–H and O–H groups in total. The van der Waals surface area contributed by atoms with Gasteiger partial charge in [0.1, 0.15) is 10.9 Å². The Morgan fingerprint density at radius 3 is 2.41 bits per heavy atom. The largest absolute Gasteiger partial charge is 0.480 e. The number of nitrogens with one attached hydrogen (secondary N) is 1. The van der Waals surface area contributed by atoms with Gasteiger partial charge in [-0.15, -0.1) is 0 Å². The van der Waals surface area contributed by atoms with E-state index in [-0.39, 0.29) is 0 Å². The molecule has 0 aromatic rings. The molecular weight excluding hydrogens is 242 g/mol. The fourth-order valence-electron chi connectivity index (χ4n) is 1.04. The molecule has 17 heavy (non-hydrogen) atoms. The molecule has 0 fully saturated rings. The van der Waals surface area contributed by atoms with Gasteiger partial charge in [0, 0.05) is 0 Å². The first-order valence-corrected chi connectivity index (χ1v) is 6.51. The molecule has 1 amide bonds. The van der Waals surface area contributed by atoms with Crippen molar-refractivity contribution in [2.24, 2.45) is 0 Å². The van der Waals surface area contributed by atoms with Crippen LogP contribution in [0.5, 0.6) is 0 Å². The first-order chi connectivity index (χ1) is 7.76. The van der Waals surface area contributed by atoms with Gasteiger partial charge in [-0.2, -0.15) is 0 Å². The zero-order valence-corrected chi connectivity index (χ0v) is 11.6. The van der Waals surface area contributed by atoms with Gasteiger partial charge in [-0.05, 0) is 39.1 Å². The van der Waals surface area contributed by atoms with E-state index in [2.05, 4.69) is 4.72 Å². The fourth-order valence-corrected chi connectivity index (χ4v) is 1.71. The predicted octanol–water partition coefficient (Wildman–Crippen LogP) is 2.80. The molecule has 0 spiro atoms.